The lowest BCUT2D eigenvalue weighted by Gasteiger charge is -2.14. The Labute approximate surface area is 239 Å². The van der Waals surface area contributed by atoms with Gasteiger partial charge < -0.3 is 13.6 Å². The van der Waals surface area contributed by atoms with Crippen LogP contribution in [0.5, 0.6) is 0 Å². The summed E-state index contributed by atoms with van der Waals surface area (Å²) in [5.74, 6) is 0.590. The van der Waals surface area contributed by atoms with Gasteiger partial charge in [0.25, 0.3) is 0 Å². The molecule has 5 heteroatoms. The summed E-state index contributed by atoms with van der Waals surface area (Å²) in [5.41, 5.74) is 10.5. The van der Waals surface area contributed by atoms with Gasteiger partial charge in [-0.15, -0.1) is 0 Å². The Balaban J connectivity index is 1.43. The molecule has 10 rings (SSSR count). The van der Waals surface area contributed by atoms with Crippen molar-refractivity contribution in [3.8, 4) is 11.4 Å². The highest BCUT2D eigenvalue weighted by molar-refractivity contribution is 6.12. The molecule has 0 spiro atoms. The van der Waals surface area contributed by atoms with E-state index < -0.39 is 0 Å². The van der Waals surface area contributed by atoms with Crippen molar-refractivity contribution in [1.82, 2.24) is 18.5 Å². The Kier molecular flexibility index (Phi) is 4.12. The quantitative estimate of drug-likeness (QED) is 0.220. The first-order valence-electron chi connectivity index (χ1n) is 14.2. The van der Waals surface area contributed by atoms with Crippen molar-refractivity contribution in [2.75, 3.05) is 0 Å². The highest BCUT2D eigenvalue weighted by Gasteiger charge is 2.22. The van der Waals surface area contributed by atoms with Crippen LogP contribution in [0, 0.1) is 0 Å². The number of hydrogen-bond acceptors (Lipinski definition) is 2. The number of benzene rings is 6. The molecule has 0 unspecified atom stereocenters. The minimum absolute atomic E-state index is 0.590. The smallest absolute Gasteiger partial charge is 0.307 e. The topological polar surface area (TPSA) is 40.3 Å². The Hall–Kier alpha value is -5.81. The van der Waals surface area contributed by atoms with E-state index in [0.717, 1.165) is 44.5 Å². The first-order valence-corrected chi connectivity index (χ1v) is 14.2. The first-order chi connectivity index (χ1) is 20.8. The van der Waals surface area contributed by atoms with Crippen molar-refractivity contribution in [3.63, 3.8) is 0 Å². The van der Waals surface area contributed by atoms with E-state index in [0.29, 0.717) is 5.84 Å². The average molecular weight is 539 g/mol. The minimum atomic E-state index is 0.590. The maximum absolute atomic E-state index is 6.29. The third kappa shape index (κ3) is 2.74. The summed E-state index contributed by atoms with van der Waals surface area (Å²) < 4.78 is 13.2. The number of rotatable bonds is 2. The van der Waals surface area contributed by atoms with Crippen LogP contribution in [-0.4, -0.2) is 18.5 Å². The molecule has 4 aromatic heterocycles. The van der Waals surface area contributed by atoms with E-state index in [-0.39, 0.29) is 0 Å². The first kappa shape index (κ1) is 21.9. The van der Waals surface area contributed by atoms with Gasteiger partial charge in [0.2, 0.25) is 0 Å². The molecule has 0 bridgehead atoms. The maximum Gasteiger partial charge on any atom is 0.307 e. The third-order valence-electron chi connectivity index (χ3n) is 8.66. The van der Waals surface area contributed by atoms with Crippen molar-refractivity contribution in [3.05, 3.63) is 133 Å². The van der Waals surface area contributed by atoms with Crippen LogP contribution in [0.1, 0.15) is 0 Å². The standard InChI is InChI=1S/C37H22N4O/c1-5-15-28-24(11-1)25-12-2-6-16-29(25)39(28)23-21-33(40-30-17-7-3-13-26(30)27-14-4-8-18-31(27)40)36-34(22-23)41-32-19-9-10-20-35(32)42-37(41)38-36/h1-22H. The largest absolute Gasteiger partial charge is 0.423 e. The molecule has 0 aliphatic rings. The average Bonchev–Trinajstić information content (AvgIpc) is 3.77. The van der Waals surface area contributed by atoms with Gasteiger partial charge in [0.1, 0.15) is 5.52 Å². The lowest BCUT2D eigenvalue weighted by Crippen LogP contribution is -2.00. The van der Waals surface area contributed by atoms with Crippen LogP contribution in [0.2, 0.25) is 0 Å². The van der Waals surface area contributed by atoms with Crippen LogP contribution in [0.3, 0.4) is 0 Å². The molecule has 0 aliphatic carbocycles. The van der Waals surface area contributed by atoms with Crippen LogP contribution in [0.4, 0.5) is 0 Å². The molecule has 5 nitrogen and oxygen atoms in total. The third-order valence-corrected chi connectivity index (χ3v) is 8.66. The molecule has 0 amide bonds. The fourth-order valence-electron chi connectivity index (χ4n) is 6.93. The Morgan fingerprint density at radius 1 is 0.452 bits per heavy atom. The number of nitrogens with zero attached hydrogens (tertiary/aromatic N) is 4. The Bertz CT molecular complexity index is 2590. The van der Waals surface area contributed by atoms with Crippen molar-refractivity contribution < 1.29 is 4.42 Å². The number of imidazole rings is 1. The highest BCUT2D eigenvalue weighted by Crippen LogP contribution is 2.39. The summed E-state index contributed by atoms with van der Waals surface area (Å²) in [6, 6.07) is 47.2. The minimum Gasteiger partial charge on any atom is -0.423 e. The van der Waals surface area contributed by atoms with Gasteiger partial charge >= 0.3 is 5.84 Å². The van der Waals surface area contributed by atoms with Gasteiger partial charge in [0, 0.05) is 21.5 Å². The van der Waals surface area contributed by atoms with Crippen molar-refractivity contribution >= 4 is 71.6 Å². The molecule has 0 saturated heterocycles. The van der Waals surface area contributed by atoms with Crippen LogP contribution in [-0.2, 0) is 0 Å². The highest BCUT2D eigenvalue weighted by atomic mass is 16.4. The maximum atomic E-state index is 6.29. The van der Waals surface area contributed by atoms with E-state index in [1.165, 1.54) is 32.6 Å². The molecule has 0 saturated carbocycles. The Morgan fingerprint density at radius 3 is 1.50 bits per heavy atom. The molecule has 42 heavy (non-hydrogen) atoms. The van der Waals surface area contributed by atoms with E-state index in [2.05, 4.69) is 129 Å². The second-order valence-corrected chi connectivity index (χ2v) is 10.9. The van der Waals surface area contributed by atoms with Crippen molar-refractivity contribution in [2.24, 2.45) is 0 Å². The number of oxazole rings is 1. The molecule has 10 aromatic rings. The van der Waals surface area contributed by atoms with Gasteiger partial charge in [-0.2, -0.15) is 4.98 Å². The number of hydrogen-bond donors (Lipinski definition) is 0. The van der Waals surface area contributed by atoms with Crippen LogP contribution in [0.15, 0.2) is 138 Å². The summed E-state index contributed by atoms with van der Waals surface area (Å²) in [6.07, 6.45) is 0. The zero-order chi connectivity index (χ0) is 27.4. The fraction of sp³-hybridized carbons (Fsp3) is 0. The summed E-state index contributed by atoms with van der Waals surface area (Å²) >= 11 is 0. The van der Waals surface area contributed by atoms with Gasteiger partial charge in [-0.25, -0.2) is 0 Å². The Morgan fingerprint density at radius 2 is 0.929 bits per heavy atom. The van der Waals surface area contributed by atoms with E-state index in [1.54, 1.807) is 0 Å². The monoisotopic (exact) mass is 538 g/mol. The molecule has 196 valence electrons. The summed E-state index contributed by atoms with van der Waals surface area (Å²) in [7, 11) is 0. The number of para-hydroxylation sites is 6. The van der Waals surface area contributed by atoms with Crippen LogP contribution in [0.25, 0.3) is 83.0 Å². The van der Waals surface area contributed by atoms with Crippen LogP contribution < -0.4 is 0 Å². The molecule has 6 aromatic carbocycles. The van der Waals surface area contributed by atoms with E-state index in [1.807, 2.05) is 18.2 Å². The molecule has 0 fully saturated rings. The molecular weight excluding hydrogens is 516 g/mol. The molecule has 0 N–H and O–H groups in total. The van der Waals surface area contributed by atoms with Gasteiger partial charge in [0.05, 0.1) is 44.5 Å². The van der Waals surface area contributed by atoms with Gasteiger partial charge in [-0.05, 0) is 48.5 Å². The lowest BCUT2D eigenvalue weighted by atomic mass is 10.2. The van der Waals surface area contributed by atoms with E-state index in [9.17, 15) is 0 Å². The summed E-state index contributed by atoms with van der Waals surface area (Å²) in [6.45, 7) is 0. The predicted molar refractivity (Wildman–Crippen MR) is 171 cm³/mol. The van der Waals surface area contributed by atoms with Gasteiger partial charge in [0.15, 0.2) is 5.58 Å². The summed E-state index contributed by atoms with van der Waals surface area (Å²) in [5, 5.41) is 4.91. The summed E-state index contributed by atoms with van der Waals surface area (Å²) in [4.78, 5) is 5.14. The molecule has 0 aliphatic heterocycles. The molecule has 0 radical (unpaired) electrons. The molecule has 4 heterocycles. The number of aromatic nitrogens is 4. The number of fused-ring (bicyclic) bond motifs is 11. The SMILES string of the molecule is c1ccc2c(c1)oc1nc3c(-n4c5ccccc5c5ccccc54)cc(-n4c5ccccc5c5ccccc54)cc3n12. The predicted octanol–water partition coefficient (Wildman–Crippen LogP) is 9.43. The van der Waals surface area contributed by atoms with Crippen molar-refractivity contribution in [2.45, 2.75) is 0 Å². The zero-order valence-corrected chi connectivity index (χ0v) is 22.4. The fourth-order valence-corrected chi connectivity index (χ4v) is 6.93. The van der Waals surface area contributed by atoms with Gasteiger partial charge in [-0.1, -0.05) is 84.9 Å². The zero-order valence-electron chi connectivity index (χ0n) is 22.4. The second-order valence-electron chi connectivity index (χ2n) is 10.9. The second kappa shape index (κ2) is 7.89. The molecule has 0 atom stereocenters. The normalized spacial score (nSPS) is 12.3. The molecular formula is C37H22N4O. The van der Waals surface area contributed by atoms with Crippen LogP contribution >= 0.6 is 0 Å². The van der Waals surface area contributed by atoms with E-state index >= 15 is 0 Å². The lowest BCUT2D eigenvalue weighted by molar-refractivity contribution is 0.643. The van der Waals surface area contributed by atoms with E-state index in [4.69, 9.17) is 9.40 Å². The van der Waals surface area contributed by atoms with Crippen molar-refractivity contribution in [1.29, 1.82) is 0 Å². The van der Waals surface area contributed by atoms with Gasteiger partial charge in [-0.3, -0.25) is 4.40 Å².